The third kappa shape index (κ3) is 3.26. The zero-order valence-corrected chi connectivity index (χ0v) is 13.7. The number of aromatic nitrogens is 1. The molecular formula is C13H9ClN2O2S3. The summed E-state index contributed by atoms with van der Waals surface area (Å²) in [6, 6.07) is 12.6. The van der Waals surface area contributed by atoms with Gasteiger partial charge < -0.3 is 0 Å². The number of hydrogen-bond acceptors (Lipinski definition) is 5. The van der Waals surface area contributed by atoms with Crippen LogP contribution in [0.2, 0.25) is 4.34 Å². The van der Waals surface area contributed by atoms with Crippen LogP contribution in [-0.2, 0) is 10.0 Å². The number of hydrogen-bond donors (Lipinski definition) is 1. The summed E-state index contributed by atoms with van der Waals surface area (Å²) >= 11 is 8.02. The van der Waals surface area contributed by atoms with Gasteiger partial charge in [-0.1, -0.05) is 41.9 Å². The van der Waals surface area contributed by atoms with Crippen LogP contribution in [-0.4, -0.2) is 13.4 Å². The molecule has 0 radical (unpaired) electrons. The van der Waals surface area contributed by atoms with Crippen molar-refractivity contribution < 1.29 is 8.42 Å². The van der Waals surface area contributed by atoms with Crippen molar-refractivity contribution >= 4 is 49.4 Å². The van der Waals surface area contributed by atoms with Gasteiger partial charge in [0.1, 0.15) is 4.21 Å². The summed E-state index contributed by atoms with van der Waals surface area (Å²) in [7, 11) is -3.63. The van der Waals surface area contributed by atoms with Crippen LogP contribution < -0.4 is 4.72 Å². The van der Waals surface area contributed by atoms with E-state index >= 15 is 0 Å². The highest BCUT2D eigenvalue weighted by Crippen LogP contribution is 2.29. The van der Waals surface area contributed by atoms with E-state index in [9.17, 15) is 8.42 Å². The number of sulfonamides is 1. The molecule has 0 unspecified atom stereocenters. The van der Waals surface area contributed by atoms with Gasteiger partial charge in [0.25, 0.3) is 10.0 Å². The summed E-state index contributed by atoms with van der Waals surface area (Å²) in [6.07, 6.45) is 0. The first-order valence-corrected chi connectivity index (χ1v) is 9.39. The van der Waals surface area contributed by atoms with Gasteiger partial charge in [0, 0.05) is 10.9 Å². The Bertz CT molecular complexity index is 856. The summed E-state index contributed by atoms with van der Waals surface area (Å²) < 4.78 is 27.4. The highest BCUT2D eigenvalue weighted by atomic mass is 35.5. The Morgan fingerprint density at radius 2 is 1.86 bits per heavy atom. The van der Waals surface area contributed by atoms with Crippen molar-refractivity contribution in [1.82, 2.24) is 4.98 Å². The fourth-order valence-electron chi connectivity index (χ4n) is 1.67. The smallest absolute Gasteiger partial charge is 0.254 e. The van der Waals surface area contributed by atoms with Crippen molar-refractivity contribution in [3.8, 4) is 11.3 Å². The molecule has 108 valence electrons. The highest BCUT2D eigenvalue weighted by molar-refractivity contribution is 7.94. The number of rotatable bonds is 4. The van der Waals surface area contributed by atoms with Gasteiger partial charge in [-0.15, -0.1) is 22.7 Å². The Morgan fingerprint density at radius 1 is 1.10 bits per heavy atom. The summed E-state index contributed by atoms with van der Waals surface area (Å²) in [5, 5.41) is 2.15. The number of thiophene rings is 1. The van der Waals surface area contributed by atoms with Crippen molar-refractivity contribution in [2.24, 2.45) is 0 Å². The topological polar surface area (TPSA) is 59.1 Å². The molecule has 3 rings (SSSR count). The van der Waals surface area contributed by atoms with Crippen molar-refractivity contribution in [2.75, 3.05) is 4.72 Å². The lowest BCUT2D eigenvalue weighted by atomic mass is 10.2. The zero-order valence-electron chi connectivity index (χ0n) is 10.5. The van der Waals surface area contributed by atoms with Crippen molar-refractivity contribution in [2.45, 2.75) is 4.21 Å². The average molecular weight is 357 g/mol. The van der Waals surface area contributed by atoms with E-state index in [0.29, 0.717) is 9.47 Å². The van der Waals surface area contributed by atoms with Gasteiger partial charge in [0.05, 0.1) is 10.0 Å². The Balaban J connectivity index is 1.85. The number of nitrogens with zero attached hydrogens (tertiary/aromatic N) is 1. The van der Waals surface area contributed by atoms with Gasteiger partial charge in [-0.25, -0.2) is 13.4 Å². The van der Waals surface area contributed by atoms with Gasteiger partial charge in [-0.3, -0.25) is 4.72 Å². The van der Waals surface area contributed by atoms with E-state index in [0.717, 1.165) is 22.6 Å². The fourth-order valence-corrected chi connectivity index (χ4v) is 5.12. The Labute approximate surface area is 135 Å². The molecule has 0 spiro atoms. The first-order valence-electron chi connectivity index (χ1n) is 5.84. The highest BCUT2D eigenvalue weighted by Gasteiger charge is 2.18. The molecule has 8 heteroatoms. The first-order chi connectivity index (χ1) is 10.0. The lowest BCUT2D eigenvalue weighted by molar-refractivity contribution is 0.603. The van der Waals surface area contributed by atoms with Crippen LogP contribution >= 0.6 is 34.3 Å². The van der Waals surface area contributed by atoms with E-state index in [1.807, 2.05) is 35.7 Å². The molecular weight excluding hydrogens is 348 g/mol. The van der Waals surface area contributed by atoms with E-state index in [-0.39, 0.29) is 4.21 Å². The molecule has 21 heavy (non-hydrogen) atoms. The average Bonchev–Trinajstić information content (AvgIpc) is 3.09. The molecule has 4 nitrogen and oxygen atoms in total. The molecule has 0 aliphatic rings. The molecule has 0 bridgehead atoms. The van der Waals surface area contributed by atoms with Crippen LogP contribution in [0.4, 0.5) is 5.13 Å². The quantitative estimate of drug-likeness (QED) is 0.757. The van der Waals surface area contributed by atoms with Crippen molar-refractivity contribution in [3.05, 3.63) is 52.2 Å². The van der Waals surface area contributed by atoms with Gasteiger partial charge in [0.2, 0.25) is 0 Å². The molecule has 1 aromatic carbocycles. The largest absolute Gasteiger partial charge is 0.273 e. The molecule has 0 fully saturated rings. The summed E-state index contributed by atoms with van der Waals surface area (Å²) in [4.78, 5) is 4.30. The Morgan fingerprint density at radius 3 is 2.52 bits per heavy atom. The standard InChI is InChI=1S/C13H9ClN2O2S3/c14-11-6-7-12(20-11)21(17,18)16-13-15-10(8-19-13)9-4-2-1-3-5-9/h1-8H,(H,15,16). The lowest BCUT2D eigenvalue weighted by Crippen LogP contribution is -2.11. The fraction of sp³-hybridized carbons (Fsp3) is 0. The third-order valence-electron chi connectivity index (χ3n) is 2.61. The predicted octanol–water partition coefficient (Wildman–Crippen LogP) is 4.33. The Hall–Kier alpha value is -1.41. The van der Waals surface area contributed by atoms with Gasteiger partial charge in [-0.2, -0.15) is 0 Å². The van der Waals surface area contributed by atoms with Crippen molar-refractivity contribution in [1.29, 1.82) is 0 Å². The summed E-state index contributed by atoms with van der Waals surface area (Å²) in [5.74, 6) is 0. The third-order valence-corrected chi connectivity index (χ3v) is 6.56. The minimum absolute atomic E-state index is 0.170. The van der Waals surface area contributed by atoms with E-state index in [2.05, 4.69) is 9.71 Å². The number of thiazole rings is 1. The van der Waals surface area contributed by atoms with E-state index < -0.39 is 10.0 Å². The van der Waals surface area contributed by atoms with Crippen LogP contribution in [0.15, 0.2) is 52.1 Å². The monoisotopic (exact) mass is 356 g/mol. The second-order valence-corrected chi connectivity index (χ2v) is 8.55. The van der Waals surface area contributed by atoms with Crippen LogP contribution in [0.1, 0.15) is 0 Å². The van der Waals surface area contributed by atoms with E-state index in [1.54, 1.807) is 6.07 Å². The van der Waals surface area contributed by atoms with E-state index in [1.165, 1.54) is 17.4 Å². The maximum atomic E-state index is 12.2. The molecule has 2 aromatic heterocycles. The Kier molecular flexibility index (Phi) is 3.99. The maximum absolute atomic E-state index is 12.2. The first kappa shape index (κ1) is 14.5. The van der Waals surface area contributed by atoms with Crippen LogP contribution in [0.3, 0.4) is 0 Å². The molecule has 1 N–H and O–H groups in total. The van der Waals surface area contributed by atoms with Crippen LogP contribution in [0.5, 0.6) is 0 Å². The normalized spacial score (nSPS) is 11.5. The van der Waals surface area contributed by atoms with Gasteiger partial charge in [0.15, 0.2) is 5.13 Å². The minimum Gasteiger partial charge on any atom is -0.254 e. The maximum Gasteiger partial charge on any atom is 0.273 e. The van der Waals surface area contributed by atoms with Crippen LogP contribution in [0, 0.1) is 0 Å². The number of nitrogens with one attached hydrogen (secondary N) is 1. The predicted molar refractivity (Wildman–Crippen MR) is 87.7 cm³/mol. The zero-order chi connectivity index (χ0) is 14.9. The number of halogens is 1. The second-order valence-electron chi connectivity index (χ2n) is 4.07. The van der Waals surface area contributed by atoms with Crippen molar-refractivity contribution in [3.63, 3.8) is 0 Å². The summed E-state index contributed by atoms with van der Waals surface area (Å²) in [5.41, 5.74) is 1.68. The van der Waals surface area contributed by atoms with Gasteiger partial charge >= 0.3 is 0 Å². The second kappa shape index (κ2) is 5.76. The van der Waals surface area contributed by atoms with Crippen LogP contribution in [0.25, 0.3) is 11.3 Å². The van der Waals surface area contributed by atoms with Gasteiger partial charge in [-0.05, 0) is 12.1 Å². The molecule has 0 saturated carbocycles. The number of anilines is 1. The molecule has 0 amide bonds. The molecule has 3 aromatic rings. The molecule has 0 aliphatic carbocycles. The van der Waals surface area contributed by atoms with E-state index in [4.69, 9.17) is 11.6 Å². The molecule has 0 aliphatic heterocycles. The molecule has 0 atom stereocenters. The number of benzene rings is 1. The summed E-state index contributed by atoms with van der Waals surface area (Å²) in [6.45, 7) is 0. The molecule has 2 heterocycles. The lowest BCUT2D eigenvalue weighted by Gasteiger charge is -2.01. The minimum atomic E-state index is -3.63. The molecule has 0 saturated heterocycles. The SMILES string of the molecule is O=S(=O)(Nc1nc(-c2ccccc2)cs1)c1ccc(Cl)s1.